The molecule has 0 bridgehead atoms. The Labute approximate surface area is 124 Å². The molecule has 0 aromatic heterocycles. The van der Waals surface area contributed by atoms with E-state index in [9.17, 15) is 26.7 Å². The third kappa shape index (κ3) is 3.37. The minimum Gasteiger partial charge on any atom is -0.327 e. The van der Waals surface area contributed by atoms with Crippen molar-refractivity contribution in [2.45, 2.75) is 19.8 Å². The second-order valence-electron chi connectivity index (χ2n) is 5.60. The molecule has 2 N–H and O–H groups in total. The van der Waals surface area contributed by atoms with Crippen molar-refractivity contribution in [3.05, 3.63) is 29.1 Å². The van der Waals surface area contributed by atoms with E-state index in [1.54, 1.807) is 5.32 Å². The lowest BCUT2D eigenvalue weighted by molar-refractivity contribution is -0.897. The standard InChI is InChI=1S/C14H15F5N2O/c1-7-2-4-21(5-3-7)6-8(22)20-14-12(18)10(16)9(15)11(17)13(14)19/h7H,2-6H2,1H3,(H,20,22)/p+1. The van der Waals surface area contributed by atoms with Gasteiger partial charge in [0.2, 0.25) is 5.82 Å². The first-order chi connectivity index (χ1) is 10.3. The molecule has 0 atom stereocenters. The maximum atomic E-state index is 13.5. The zero-order valence-electron chi connectivity index (χ0n) is 11.9. The van der Waals surface area contributed by atoms with Crippen molar-refractivity contribution < 1.29 is 31.6 Å². The van der Waals surface area contributed by atoms with Crippen molar-refractivity contribution in [2.24, 2.45) is 5.92 Å². The summed E-state index contributed by atoms with van der Waals surface area (Å²) in [5.74, 6) is -10.7. The molecule has 0 unspecified atom stereocenters. The van der Waals surface area contributed by atoms with Crippen LogP contribution in [-0.2, 0) is 4.79 Å². The Morgan fingerprint density at radius 2 is 1.45 bits per heavy atom. The molecule has 0 aliphatic carbocycles. The van der Waals surface area contributed by atoms with Crippen LogP contribution in [0.1, 0.15) is 19.8 Å². The van der Waals surface area contributed by atoms with Crippen LogP contribution < -0.4 is 10.2 Å². The molecular weight excluding hydrogens is 307 g/mol. The van der Waals surface area contributed by atoms with Gasteiger partial charge in [0.15, 0.2) is 29.8 Å². The molecule has 3 nitrogen and oxygen atoms in total. The van der Waals surface area contributed by atoms with Gasteiger partial charge in [-0.3, -0.25) is 4.79 Å². The van der Waals surface area contributed by atoms with Crippen molar-refractivity contribution in [2.75, 3.05) is 25.0 Å². The summed E-state index contributed by atoms with van der Waals surface area (Å²) in [7, 11) is 0. The number of nitrogens with one attached hydrogen (secondary N) is 2. The molecular formula is C14H16F5N2O+. The van der Waals surface area contributed by atoms with Crippen LogP contribution in [0.25, 0.3) is 0 Å². The number of carbonyl (C=O) groups is 1. The summed E-state index contributed by atoms with van der Waals surface area (Å²) >= 11 is 0. The number of halogens is 5. The number of hydrogen-bond donors (Lipinski definition) is 2. The maximum Gasteiger partial charge on any atom is 0.279 e. The molecule has 1 aliphatic heterocycles. The van der Waals surface area contributed by atoms with E-state index in [1.165, 1.54) is 0 Å². The van der Waals surface area contributed by atoms with Crippen LogP contribution in [0.15, 0.2) is 0 Å². The molecule has 22 heavy (non-hydrogen) atoms. The van der Waals surface area contributed by atoms with Gasteiger partial charge in [-0.05, 0) is 18.8 Å². The molecule has 1 saturated heterocycles. The average molecular weight is 323 g/mol. The highest BCUT2D eigenvalue weighted by molar-refractivity contribution is 5.91. The number of carbonyl (C=O) groups excluding carboxylic acids is 1. The molecule has 8 heteroatoms. The van der Waals surface area contributed by atoms with E-state index in [2.05, 4.69) is 6.92 Å². The van der Waals surface area contributed by atoms with E-state index in [0.29, 0.717) is 5.92 Å². The minimum atomic E-state index is -2.25. The molecule has 1 aliphatic rings. The number of likely N-dealkylation sites (tertiary alicyclic amines) is 1. The van der Waals surface area contributed by atoms with Crippen LogP contribution in [0.2, 0.25) is 0 Å². The predicted molar refractivity (Wildman–Crippen MR) is 68.8 cm³/mol. The van der Waals surface area contributed by atoms with Crippen LogP contribution in [-0.4, -0.2) is 25.5 Å². The van der Waals surface area contributed by atoms with Crippen molar-refractivity contribution in [1.29, 1.82) is 0 Å². The molecule has 1 aromatic rings. The van der Waals surface area contributed by atoms with Gasteiger partial charge in [0.1, 0.15) is 5.69 Å². The maximum absolute atomic E-state index is 13.5. The van der Waals surface area contributed by atoms with Gasteiger partial charge >= 0.3 is 0 Å². The number of quaternary nitrogens is 1. The number of anilines is 1. The van der Waals surface area contributed by atoms with Gasteiger partial charge in [-0.25, -0.2) is 22.0 Å². The van der Waals surface area contributed by atoms with E-state index in [-0.39, 0.29) is 6.54 Å². The summed E-state index contributed by atoms with van der Waals surface area (Å²) in [6, 6.07) is 0. The summed E-state index contributed by atoms with van der Waals surface area (Å²) in [6.45, 7) is 3.47. The van der Waals surface area contributed by atoms with Gasteiger partial charge in [0.05, 0.1) is 13.1 Å². The summed E-state index contributed by atoms with van der Waals surface area (Å²) in [5, 5.41) is 1.79. The van der Waals surface area contributed by atoms with Crippen molar-refractivity contribution in [1.82, 2.24) is 0 Å². The molecule has 0 saturated carbocycles. The second-order valence-corrected chi connectivity index (χ2v) is 5.60. The fraction of sp³-hybridized carbons (Fsp3) is 0.500. The van der Waals surface area contributed by atoms with Gasteiger partial charge in [-0.1, -0.05) is 6.92 Å². The first-order valence-electron chi connectivity index (χ1n) is 6.96. The number of hydrogen-bond acceptors (Lipinski definition) is 1. The van der Waals surface area contributed by atoms with Crippen LogP contribution in [0.3, 0.4) is 0 Å². The van der Waals surface area contributed by atoms with Crippen LogP contribution in [0, 0.1) is 35.0 Å². The quantitative estimate of drug-likeness (QED) is 0.495. The van der Waals surface area contributed by atoms with Crippen LogP contribution >= 0.6 is 0 Å². The highest BCUT2D eigenvalue weighted by atomic mass is 19.2. The summed E-state index contributed by atoms with van der Waals surface area (Å²) in [4.78, 5) is 12.7. The monoisotopic (exact) mass is 323 g/mol. The lowest BCUT2D eigenvalue weighted by Crippen LogP contribution is -3.14. The predicted octanol–water partition coefficient (Wildman–Crippen LogP) is 1.64. The molecule has 2 rings (SSSR count). The van der Waals surface area contributed by atoms with Crippen LogP contribution in [0.4, 0.5) is 27.6 Å². The molecule has 0 radical (unpaired) electrons. The van der Waals surface area contributed by atoms with Gasteiger partial charge in [-0.15, -0.1) is 0 Å². The molecule has 1 fully saturated rings. The summed E-state index contributed by atoms with van der Waals surface area (Å²) < 4.78 is 65.9. The Morgan fingerprint density at radius 1 is 1.00 bits per heavy atom. The highest BCUT2D eigenvalue weighted by Gasteiger charge is 2.28. The van der Waals surface area contributed by atoms with Gasteiger partial charge in [0, 0.05) is 0 Å². The molecule has 1 aromatic carbocycles. The minimum absolute atomic E-state index is 0.0772. The van der Waals surface area contributed by atoms with Gasteiger partial charge in [-0.2, -0.15) is 0 Å². The van der Waals surface area contributed by atoms with E-state index in [1.807, 2.05) is 0 Å². The number of benzene rings is 1. The highest BCUT2D eigenvalue weighted by Crippen LogP contribution is 2.26. The third-order valence-corrected chi connectivity index (χ3v) is 3.87. The lowest BCUT2D eigenvalue weighted by atomic mass is 9.99. The Kier molecular flexibility index (Phi) is 5.00. The molecule has 1 heterocycles. The number of amides is 1. The molecule has 122 valence electrons. The summed E-state index contributed by atoms with van der Waals surface area (Å²) in [5.41, 5.74) is -1.30. The Morgan fingerprint density at radius 3 is 1.95 bits per heavy atom. The molecule has 1 amide bonds. The molecule has 0 spiro atoms. The summed E-state index contributed by atoms with van der Waals surface area (Å²) in [6.07, 6.45) is 1.84. The normalized spacial score (nSPS) is 21.7. The first-order valence-corrected chi connectivity index (χ1v) is 6.96. The lowest BCUT2D eigenvalue weighted by Gasteiger charge is -2.26. The van der Waals surface area contributed by atoms with E-state index in [4.69, 9.17) is 0 Å². The van der Waals surface area contributed by atoms with Gasteiger partial charge < -0.3 is 10.2 Å². The van der Waals surface area contributed by atoms with E-state index >= 15 is 0 Å². The van der Waals surface area contributed by atoms with Gasteiger partial charge in [0.25, 0.3) is 5.91 Å². The zero-order valence-corrected chi connectivity index (χ0v) is 11.9. The van der Waals surface area contributed by atoms with E-state index < -0.39 is 40.7 Å². The Bertz CT molecular complexity index is 556. The second kappa shape index (κ2) is 6.60. The topological polar surface area (TPSA) is 33.5 Å². The average Bonchev–Trinajstić information content (AvgIpc) is 2.50. The fourth-order valence-corrected chi connectivity index (χ4v) is 2.47. The third-order valence-electron chi connectivity index (χ3n) is 3.87. The Hall–Kier alpha value is -1.70. The van der Waals surface area contributed by atoms with Crippen molar-refractivity contribution in [3.8, 4) is 0 Å². The first kappa shape index (κ1) is 16.7. The van der Waals surface area contributed by atoms with Crippen LogP contribution in [0.5, 0.6) is 0 Å². The fourth-order valence-electron chi connectivity index (χ4n) is 2.47. The number of rotatable bonds is 3. The Balaban J connectivity index is 2.09. The number of piperidine rings is 1. The smallest absolute Gasteiger partial charge is 0.279 e. The SMILES string of the molecule is CC1CC[NH+](CC(=O)Nc2c(F)c(F)c(F)c(F)c2F)CC1. The van der Waals surface area contributed by atoms with E-state index in [0.717, 1.165) is 30.8 Å². The van der Waals surface area contributed by atoms with Crippen molar-refractivity contribution >= 4 is 11.6 Å². The largest absolute Gasteiger partial charge is 0.327 e. The zero-order chi connectivity index (χ0) is 16.4. The van der Waals surface area contributed by atoms with Crippen molar-refractivity contribution in [3.63, 3.8) is 0 Å².